The van der Waals surface area contributed by atoms with Crippen molar-refractivity contribution in [2.24, 2.45) is 0 Å². The number of hydrogen-bond donors (Lipinski definition) is 1. The molecule has 1 aliphatic heterocycles. The molecule has 0 radical (unpaired) electrons. The molecule has 1 amide bonds. The van der Waals surface area contributed by atoms with Crippen LogP contribution in [0.15, 0.2) is 85.5 Å². The predicted octanol–water partition coefficient (Wildman–Crippen LogP) is 7.82. The zero-order valence-electron chi connectivity index (χ0n) is 24.2. The van der Waals surface area contributed by atoms with Crippen molar-refractivity contribution >= 4 is 17.1 Å². The first-order valence-electron chi connectivity index (χ1n) is 14.4. The van der Waals surface area contributed by atoms with Crippen molar-refractivity contribution in [2.45, 2.75) is 58.1 Å². The number of benzene rings is 2. The number of aromatic amines is 1. The lowest BCUT2D eigenvalue weighted by atomic mass is 9.88. The Morgan fingerprint density at radius 2 is 1.71 bits per heavy atom. The van der Waals surface area contributed by atoms with E-state index in [0.29, 0.717) is 5.92 Å². The van der Waals surface area contributed by atoms with Gasteiger partial charge < -0.3 is 14.6 Å². The lowest BCUT2D eigenvalue weighted by molar-refractivity contribution is 0.0205. The summed E-state index contributed by atoms with van der Waals surface area (Å²) >= 11 is 0. The van der Waals surface area contributed by atoms with Gasteiger partial charge in [-0.2, -0.15) is 5.10 Å². The number of amides is 1. The number of likely N-dealkylation sites (tertiary alicyclic amines) is 1. The van der Waals surface area contributed by atoms with E-state index in [-0.39, 0.29) is 12.1 Å². The summed E-state index contributed by atoms with van der Waals surface area (Å²) in [6.07, 6.45) is 9.65. The van der Waals surface area contributed by atoms with Crippen molar-refractivity contribution < 1.29 is 9.53 Å². The standard InChI is InChI=1S/C34H37N5O2/c1-23(24-8-6-5-7-9-24)39-22-29(20-37-39)31-21-36-32-30(31)18-28(19-35-32)26-12-10-25(11-13-26)27-14-16-38(17-15-27)33(40)41-34(2,3)4/h5-13,18-23,27H,14-17H2,1-4H3,(H,35,36). The van der Waals surface area contributed by atoms with E-state index < -0.39 is 5.60 Å². The highest BCUT2D eigenvalue weighted by molar-refractivity contribution is 5.95. The maximum Gasteiger partial charge on any atom is 0.410 e. The average Bonchev–Trinajstić information content (AvgIpc) is 3.64. The summed E-state index contributed by atoms with van der Waals surface area (Å²) < 4.78 is 7.56. The van der Waals surface area contributed by atoms with E-state index in [2.05, 4.69) is 77.8 Å². The van der Waals surface area contributed by atoms with Crippen LogP contribution in [0.1, 0.15) is 63.6 Å². The number of aromatic nitrogens is 4. The van der Waals surface area contributed by atoms with Crippen LogP contribution < -0.4 is 0 Å². The van der Waals surface area contributed by atoms with Crippen LogP contribution in [-0.4, -0.2) is 49.4 Å². The quantitative estimate of drug-likeness (QED) is 0.243. The Labute approximate surface area is 241 Å². The van der Waals surface area contributed by atoms with Gasteiger partial charge in [-0.05, 0) is 69.2 Å². The molecule has 0 saturated carbocycles. The van der Waals surface area contributed by atoms with E-state index in [9.17, 15) is 4.79 Å². The number of nitrogens with one attached hydrogen (secondary N) is 1. The van der Waals surface area contributed by atoms with Crippen LogP contribution in [0.4, 0.5) is 4.79 Å². The molecule has 1 unspecified atom stereocenters. The minimum Gasteiger partial charge on any atom is -0.444 e. The number of carbonyl (C=O) groups is 1. The number of ether oxygens (including phenoxy) is 1. The number of nitrogens with zero attached hydrogens (tertiary/aromatic N) is 4. The monoisotopic (exact) mass is 547 g/mol. The molecule has 5 aromatic rings. The third kappa shape index (κ3) is 5.75. The van der Waals surface area contributed by atoms with Crippen LogP contribution >= 0.6 is 0 Å². The molecule has 1 fully saturated rings. The first-order chi connectivity index (χ1) is 19.7. The van der Waals surface area contributed by atoms with Crippen molar-refractivity contribution in [1.29, 1.82) is 0 Å². The van der Waals surface area contributed by atoms with Crippen molar-refractivity contribution in [3.05, 3.63) is 96.6 Å². The zero-order valence-corrected chi connectivity index (χ0v) is 24.2. The first-order valence-corrected chi connectivity index (χ1v) is 14.4. The minimum atomic E-state index is -0.467. The number of fused-ring (bicyclic) bond motifs is 1. The van der Waals surface area contributed by atoms with Crippen LogP contribution in [0.2, 0.25) is 0 Å². The summed E-state index contributed by atoms with van der Waals surface area (Å²) in [5.41, 5.74) is 7.30. The largest absolute Gasteiger partial charge is 0.444 e. The predicted molar refractivity (Wildman–Crippen MR) is 163 cm³/mol. The lowest BCUT2D eigenvalue weighted by Crippen LogP contribution is -2.41. The van der Waals surface area contributed by atoms with Gasteiger partial charge in [0.2, 0.25) is 0 Å². The van der Waals surface area contributed by atoms with E-state index in [4.69, 9.17) is 9.72 Å². The molecule has 1 atom stereocenters. The van der Waals surface area contributed by atoms with Gasteiger partial charge in [0, 0.05) is 53.8 Å². The topological polar surface area (TPSA) is 76.0 Å². The highest BCUT2D eigenvalue weighted by Gasteiger charge is 2.27. The Kier molecular flexibility index (Phi) is 7.12. The van der Waals surface area contributed by atoms with E-state index >= 15 is 0 Å². The summed E-state index contributed by atoms with van der Waals surface area (Å²) in [5, 5.41) is 5.75. The molecule has 6 rings (SSSR count). The number of hydrogen-bond acceptors (Lipinski definition) is 4. The number of pyridine rings is 1. The molecule has 1 aliphatic rings. The molecule has 41 heavy (non-hydrogen) atoms. The molecule has 0 aliphatic carbocycles. The summed E-state index contributed by atoms with van der Waals surface area (Å²) in [7, 11) is 0. The fraction of sp³-hybridized carbons (Fsp3) is 0.324. The third-order valence-corrected chi connectivity index (χ3v) is 7.98. The molecule has 0 spiro atoms. The number of H-pyrrole nitrogens is 1. The Bertz CT molecular complexity index is 1640. The van der Waals surface area contributed by atoms with Crippen molar-refractivity contribution in [1.82, 2.24) is 24.6 Å². The summed E-state index contributed by atoms with van der Waals surface area (Å²) in [5.74, 6) is 0.439. The van der Waals surface area contributed by atoms with E-state index in [0.717, 1.165) is 59.2 Å². The molecule has 1 N–H and O–H groups in total. The number of rotatable bonds is 5. The lowest BCUT2D eigenvalue weighted by Gasteiger charge is -2.33. The van der Waals surface area contributed by atoms with Crippen LogP contribution in [0, 0.1) is 0 Å². The maximum absolute atomic E-state index is 12.4. The third-order valence-electron chi connectivity index (χ3n) is 7.98. The zero-order chi connectivity index (χ0) is 28.6. The second kappa shape index (κ2) is 10.9. The molecule has 210 valence electrons. The van der Waals surface area contributed by atoms with Crippen molar-refractivity contribution in [3.63, 3.8) is 0 Å². The normalized spacial score (nSPS) is 15.3. The summed E-state index contributed by atoms with van der Waals surface area (Å²) in [6.45, 7) is 9.33. The molecule has 1 saturated heterocycles. The molecule has 0 bridgehead atoms. The SMILES string of the molecule is CC(c1ccccc1)n1cc(-c2c[nH]c3ncc(-c4ccc(C5CCN(C(=O)OC(C)(C)C)CC5)cc4)cc23)cn1. The van der Waals surface area contributed by atoms with Crippen LogP contribution in [0.5, 0.6) is 0 Å². The Morgan fingerprint density at radius 3 is 2.41 bits per heavy atom. The number of carbonyl (C=O) groups excluding carboxylic acids is 1. The van der Waals surface area contributed by atoms with Crippen molar-refractivity contribution in [3.8, 4) is 22.3 Å². The fourth-order valence-electron chi connectivity index (χ4n) is 5.64. The fourth-order valence-corrected chi connectivity index (χ4v) is 5.64. The van der Waals surface area contributed by atoms with Gasteiger partial charge in [0.25, 0.3) is 0 Å². The minimum absolute atomic E-state index is 0.145. The first kappa shape index (κ1) is 26.8. The second-order valence-corrected chi connectivity index (χ2v) is 12.0. The molecular formula is C34H37N5O2. The molecule has 2 aromatic carbocycles. The van der Waals surface area contributed by atoms with Gasteiger partial charge in [0.05, 0.1) is 12.2 Å². The van der Waals surface area contributed by atoms with Gasteiger partial charge in [-0.25, -0.2) is 9.78 Å². The Balaban J connectivity index is 1.17. The van der Waals surface area contributed by atoms with E-state index in [1.165, 1.54) is 11.1 Å². The molecule has 7 heteroatoms. The van der Waals surface area contributed by atoms with Gasteiger partial charge in [-0.15, -0.1) is 0 Å². The highest BCUT2D eigenvalue weighted by atomic mass is 16.6. The van der Waals surface area contributed by atoms with Gasteiger partial charge in [-0.3, -0.25) is 4.68 Å². The van der Waals surface area contributed by atoms with Crippen LogP contribution in [0.3, 0.4) is 0 Å². The Morgan fingerprint density at radius 1 is 0.976 bits per heavy atom. The average molecular weight is 548 g/mol. The van der Waals surface area contributed by atoms with Gasteiger partial charge in [-0.1, -0.05) is 54.6 Å². The van der Waals surface area contributed by atoms with Crippen LogP contribution in [0.25, 0.3) is 33.3 Å². The smallest absolute Gasteiger partial charge is 0.410 e. The molecular weight excluding hydrogens is 510 g/mol. The molecule has 7 nitrogen and oxygen atoms in total. The van der Waals surface area contributed by atoms with Crippen molar-refractivity contribution in [2.75, 3.05) is 13.1 Å². The highest BCUT2D eigenvalue weighted by Crippen LogP contribution is 2.34. The van der Waals surface area contributed by atoms with Gasteiger partial charge in [0.1, 0.15) is 11.2 Å². The second-order valence-electron chi connectivity index (χ2n) is 12.0. The molecule has 3 aromatic heterocycles. The molecule has 4 heterocycles. The van der Waals surface area contributed by atoms with E-state index in [1.54, 1.807) is 0 Å². The van der Waals surface area contributed by atoms with Crippen LogP contribution in [-0.2, 0) is 4.74 Å². The van der Waals surface area contributed by atoms with Gasteiger partial charge >= 0.3 is 6.09 Å². The van der Waals surface area contributed by atoms with E-state index in [1.807, 2.05) is 55.0 Å². The summed E-state index contributed by atoms with van der Waals surface area (Å²) in [6, 6.07) is 21.6. The Hall–Kier alpha value is -4.39. The van der Waals surface area contributed by atoms with Gasteiger partial charge in [0.15, 0.2) is 0 Å². The number of piperidine rings is 1. The summed E-state index contributed by atoms with van der Waals surface area (Å²) in [4.78, 5) is 22.3. The maximum atomic E-state index is 12.4.